The largest absolute Gasteiger partial charge is 0.360 e. The fourth-order valence-corrected chi connectivity index (χ4v) is 2.08. The molecule has 1 aliphatic rings. The Balaban J connectivity index is 1.90. The first-order valence-electron chi connectivity index (χ1n) is 5.38. The number of carbonyl (C=O) groups is 1. The molecule has 0 amide bonds. The molecule has 82 valence electrons. The molecule has 1 atom stereocenters. The number of aromatic nitrogens is 1. The highest BCUT2D eigenvalue weighted by molar-refractivity contribution is 5.78. The normalized spacial score (nSPS) is 22.9. The molecule has 2 heterocycles. The van der Waals surface area contributed by atoms with Crippen LogP contribution in [0, 0.1) is 5.92 Å². The highest BCUT2D eigenvalue weighted by Crippen LogP contribution is 2.18. The van der Waals surface area contributed by atoms with Crippen LogP contribution in [0.25, 0.3) is 0 Å². The molecule has 1 aromatic rings. The molecule has 4 nitrogen and oxygen atoms in total. The molecule has 1 aliphatic heterocycles. The summed E-state index contributed by atoms with van der Waals surface area (Å²) in [5.74, 6) is 1.39. The molecule has 1 saturated heterocycles. The number of ketones is 1. The Morgan fingerprint density at radius 2 is 2.60 bits per heavy atom. The van der Waals surface area contributed by atoms with E-state index in [0.717, 1.165) is 38.2 Å². The lowest BCUT2D eigenvalue weighted by molar-refractivity contribution is -0.122. The maximum atomic E-state index is 11.3. The van der Waals surface area contributed by atoms with Crippen molar-refractivity contribution in [1.82, 2.24) is 10.1 Å². The third-order valence-corrected chi connectivity index (χ3v) is 2.95. The lowest BCUT2D eigenvalue weighted by Gasteiger charge is -2.30. The third-order valence-electron chi connectivity index (χ3n) is 2.95. The van der Waals surface area contributed by atoms with Crippen molar-refractivity contribution >= 4 is 5.78 Å². The van der Waals surface area contributed by atoms with E-state index in [1.165, 1.54) is 0 Å². The minimum absolute atomic E-state index is 0.210. The van der Waals surface area contributed by atoms with E-state index in [1.807, 2.05) is 6.07 Å². The standard InChI is InChI=1S/C11H16N2O2/c1-9(14)10-3-2-6-13(7-10)8-11-4-5-12-15-11/h4-5,10H,2-3,6-8H2,1H3. The van der Waals surface area contributed by atoms with Crippen molar-refractivity contribution in [3.05, 3.63) is 18.0 Å². The summed E-state index contributed by atoms with van der Waals surface area (Å²) >= 11 is 0. The van der Waals surface area contributed by atoms with Crippen LogP contribution in [0.15, 0.2) is 16.8 Å². The number of Topliss-reactive ketones (excluding diaryl/α,β-unsaturated/α-hetero) is 1. The molecule has 0 bridgehead atoms. The summed E-state index contributed by atoms with van der Waals surface area (Å²) in [7, 11) is 0. The third kappa shape index (κ3) is 2.65. The molecule has 4 heteroatoms. The summed E-state index contributed by atoms with van der Waals surface area (Å²) < 4.78 is 5.06. The van der Waals surface area contributed by atoms with Gasteiger partial charge in [-0.1, -0.05) is 5.16 Å². The summed E-state index contributed by atoms with van der Waals surface area (Å²) in [6.07, 6.45) is 3.78. The number of rotatable bonds is 3. The van der Waals surface area contributed by atoms with E-state index in [1.54, 1.807) is 13.1 Å². The van der Waals surface area contributed by atoms with Gasteiger partial charge in [-0.2, -0.15) is 0 Å². The van der Waals surface area contributed by atoms with Gasteiger partial charge in [-0.25, -0.2) is 0 Å². The predicted octanol–water partition coefficient (Wildman–Crippen LogP) is 1.48. The van der Waals surface area contributed by atoms with Crippen molar-refractivity contribution in [2.45, 2.75) is 26.3 Å². The van der Waals surface area contributed by atoms with Crippen LogP contribution in [-0.2, 0) is 11.3 Å². The fourth-order valence-electron chi connectivity index (χ4n) is 2.08. The molecule has 0 aliphatic carbocycles. The summed E-state index contributed by atoms with van der Waals surface area (Å²) in [6.45, 7) is 4.35. The van der Waals surface area contributed by atoms with Crippen LogP contribution in [0.4, 0.5) is 0 Å². The molecule has 2 rings (SSSR count). The van der Waals surface area contributed by atoms with Crippen molar-refractivity contribution in [3.8, 4) is 0 Å². The molecule has 15 heavy (non-hydrogen) atoms. The Labute approximate surface area is 89.2 Å². The molecule has 0 spiro atoms. The van der Waals surface area contributed by atoms with Gasteiger partial charge in [-0.15, -0.1) is 0 Å². The second-order valence-corrected chi connectivity index (χ2v) is 4.16. The highest BCUT2D eigenvalue weighted by Gasteiger charge is 2.23. The summed E-state index contributed by atoms with van der Waals surface area (Å²) in [5, 5.41) is 3.67. The van der Waals surface area contributed by atoms with Crippen molar-refractivity contribution in [3.63, 3.8) is 0 Å². The van der Waals surface area contributed by atoms with Gasteiger partial charge in [-0.3, -0.25) is 9.69 Å². The van der Waals surface area contributed by atoms with E-state index in [4.69, 9.17) is 4.52 Å². The number of likely N-dealkylation sites (tertiary alicyclic amines) is 1. The van der Waals surface area contributed by atoms with Gasteiger partial charge in [0.1, 0.15) is 5.78 Å². The van der Waals surface area contributed by atoms with Gasteiger partial charge in [0.2, 0.25) is 0 Å². The lowest BCUT2D eigenvalue weighted by atomic mass is 9.94. The smallest absolute Gasteiger partial charge is 0.150 e. The SMILES string of the molecule is CC(=O)C1CCCN(Cc2ccno2)C1. The topological polar surface area (TPSA) is 46.3 Å². The van der Waals surface area contributed by atoms with Crippen LogP contribution in [0.1, 0.15) is 25.5 Å². The zero-order valence-electron chi connectivity index (χ0n) is 8.98. The van der Waals surface area contributed by atoms with Crippen LogP contribution in [-0.4, -0.2) is 28.9 Å². The Morgan fingerprint density at radius 3 is 3.27 bits per heavy atom. The Morgan fingerprint density at radius 1 is 1.73 bits per heavy atom. The number of carbonyl (C=O) groups excluding carboxylic acids is 1. The van der Waals surface area contributed by atoms with Crippen molar-refractivity contribution in [2.75, 3.05) is 13.1 Å². The average Bonchev–Trinajstić information content (AvgIpc) is 2.71. The first-order valence-corrected chi connectivity index (χ1v) is 5.38. The summed E-state index contributed by atoms with van der Waals surface area (Å²) in [4.78, 5) is 13.5. The molecular weight excluding hydrogens is 192 g/mol. The second-order valence-electron chi connectivity index (χ2n) is 4.16. The second kappa shape index (κ2) is 4.57. The molecule has 0 N–H and O–H groups in total. The van der Waals surface area contributed by atoms with Crippen LogP contribution in [0.5, 0.6) is 0 Å². The zero-order valence-corrected chi connectivity index (χ0v) is 8.98. The molecule has 0 aromatic carbocycles. The lowest BCUT2D eigenvalue weighted by Crippen LogP contribution is -2.37. The van der Waals surface area contributed by atoms with Crippen LogP contribution in [0.3, 0.4) is 0 Å². The van der Waals surface area contributed by atoms with E-state index >= 15 is 0 Å². The monoisotopic (exact) mass is 208 g/mol. The van der Waals surface area contributed by atoms with Crippen molar-refractivity contribution < 1.29 is 9.32 Å². The van der Waals surface area contributed by atoms with E-state index < -0.39 is 0 Å². The van der Waals surface area contributed by atoms with E-state index in [-0.39, 0.29) is 5.92 Å². The average molecular weight is 208 g/mol. The van der Waals surface area contributed by atoms with Crippen molar-refractivity contribution in [2.24, 2.45) is 5.92 Å². The van der Waals surface area contributed by atoms with Crippen LogP contribution >= 0.6 is 0 Å². The highest BCUT2D eigenvalue weighted by atomic mass is 16.5. The van der Waals surface area contributed by atoms with Gasteiger partial charge in [0.25, 0.3) is 0 Å². The zero-order chi connectivity index (χ0) is 10.7. The van der Waals surface area contributed by atoms with Gasteiger partial charge < -0.3 is 4.52 Å². The molecule has 1 aromatic heterocycles. The maximum absolute atomic E-state index is 11.3. The summed E-state index contributed by atoms with van der Waals surface area (Å²) in [6, 6.07) is 1.87. The molecule has 1 unspecified atom stereocenters. The van der Waals surface area contributed by atoms with Gasteiger partial charge in [0, 0.05) is 18.5 Å². The minimum atomic E-state index is 0.210. The first-order chi connectivity index (χ1) is 7.25. The minimum Gasteiger partial charge on any atom is -0.360 e. The number of hydrogen-bond donors (Lipinski definition) is 0. The first kappa shape index (κ1) is 10.4. The Kier molecular flexibility index (Phi) is 3.16. The quantitative estimate of drug-likeness (QED) is 0.754. The molecular formula is C11H16N2O2. The van der Waals surface area contributed by atoms with Crippen LogP contribution < -0.4 is 0 Å². The molecule has 0 saturated carbocycles. The summed E-state index contributed by atoms with van der Waals surface area (Å²) in [5.41, 5.74) is 0. The maximum Gasteiger partial charge on any atom is 0.150 e. The predicted molar refractivity (Wildman–Crippen MR) is 55.2 cm³/mol. The van der Waals surface area contributed by atoms with Gasteiger partial charge in [0.05, 0.1) is 12.7 Å². The van der Waals surface area contributed by atoms with E-state index in [9.17, 15) is 4.79 Å². The van der Waals surface area contributed by atoms with Gasteiger partial charge in [0.15, 0.2) is 5.76 Å². The number of piperidine rings is 1. The van der Waals surface area contributed by atoms with Crippen molar-refractivity contribution in [1.29, 1.82) is 0 Å². The molecule has 1 fully saturated rings. The Bertz CT molecular complexity index is 321. The van der Waals surface area contributed by atoms with E-state index in [0.29, 0.717) is 5.78 Å². The van der Waals surface area contributed by atoms with Gasteiger partial charge in [-0.05, 0) is 26.3 Å². The van der Waals surface area contributed by atoms with Gasteiger partial charge >= 0.3 is 0 Å². The van der Waals surface area contributed by atoms with E-state index in [2.05, 4.69) is 10.1 Å². The van der Waals surface area contributed by atoms with Crippen LogP contribution in [0.2, 0.25) is 0 Å². The number of nitrogens with zero attached hydrogens (tertiary/aromatic N) is 2. The number of hydrogen-bond acceptors (Lipinski definition) is 4. The molecule has 0 radical (unpaired) electrons. The fraction of sp³-hybridized carbons (Fsp3) is 0.636. The Hall–Kier alpha value is -1.16.